The van der Waals surface area contributed by atoms with E-state index in [2.05, 4.69) is 25.9 Å². The summed E-state index contributed by atoms with van der Waals surface area (Å²) in [6.45, 7) is 4.98. The Morgan fingerprint density at radius 1 is 1.20 bits per heavy atom. The van der Waals surface area contributed by atoms with Gasteiger partial charge in [0.1, 0.15) is 17.5 Å². The second kappa shape index (κ2) is 8.66. The molecule has 2 aliphatic heterocycles. The van der Waals surface area contributed by atoms with Gasteiger partial charge in [0, 0.05) is 68.1 Å². The Hall–Kier alpha value is -3.21. The minimum absolute atomic E-state index is 0.126. The number of aromatic nitrogens is 3. The Bertz CT molecular complexity index is 974. The summed E-state index contributed by atoms with van der Waals surface area (Å²) >= 11 is 0. The molecule has 0 aromatic carbocycles. The molecule has 0 bridgehead atoms. The van der Waals surface area contributed by atoms with E-state index in [1.807, 2.05) is 11.8 Å². The molecule has 8 nitrogen and oxygen atoms in total. The fourth-order valence-corrected chi connectivity index (χ4v) is 4.30. The number of pyridine rings is 1. The number of hydrogen-bond donors (Lipinski definition) is 1. The van der Waals surface area contributed by atoms with Gasteiger partial charge in [0.05, 0.1) is 5.69 Å². The molecule has 30 heavy (non-hydrogen) atoms. The number of nitrogens with two attached hydrogens (primary N) is 1. The Morgan fingerprint density at radius 2 is 1.93 bits per heavy atom. The van der Waals surface area contributed by atoms with E-state index in [0.717, 1.165) is 49.2 Å². The van der Waals surface area contributed by atoms with Gasteiger partial charge in [-0.1, -0.05) is 6.92 Å². The quantitative estimate of drug-likeness (QED) is 0.832. The van der Waals surface area contributed by atoms with Gasteiger partial charge < -0.3 is 15.5 Å². The minimum atomic E-state index is 0.126. The number of amides is 1. The van der Waals surface area contributed by atoms with Gasteiger partial charge in [0.2, 0.25) is 11.9 Å². The Morgan fingerprint density at radius 3 is 2.60 bits per heavy atom. The smallest absolute Gasteiger partial charge is 0.225 e. The molecule has 1 amide bonds. The third kappa shape index (κ3) is 3.80. The van der Waals surface area contributed by atoms with Gasteiger partial charge in [-0.2, -0.15) is 5.26 Å². The molecule has 4 heterocycles. The predicted molar refractivity (Wildman–Crippen MR) is 114 cm³/mol. The summed E-state index contributed by atoms with van der Waals surface area (Å²) in [4.78, 5) is 30.2. The summed E-state index contributed by atoms with van der Waals surface area (Å²) in [7, 11) is 0. The lowest BCUT2D eigenvalue weighted by Crippen LogP contribution is -2.36. The fraction of sp³-hybridized carbons (Fsp3) is 0.500. The molecular formula is C22H27N7O. The maximum Gasteiger partial charge on any atom is 0.225 e. The van der Waals surface area contributed by atoms with E-state index in [1.54, 1.807) is 12.4 Å². The van der Waals surface area contributed by atoms with Crippen LogP contribution in [-0.4, -0.2) is 45.4 Å². The predicted octanol–water partition coefficient (Wildman–Crippen LogP) is 2.67. The van der Waals surface area contributed by atoms with E-state index in [4.69, 9.17) is 5.73 Å². The molecule has 1 fully saturated rings. The zero-order valence-corrected chi connectivity index (χ0v) is 17.4. The summed E-state index contributed by atoms with van der Waals surface area (Å²) < 4.78 is 0. The maximum absolute atomic E-state index is 12.5. The van der Waals surface area contributed by atoms with Crippen LogP contribution in [0.5, 0.6) is 0 Å². The van der Waals surface area contributed by atoms with E-state index < -0.39 is 0 Å². The lowest BCUT2D eigenvalue weighted by Gasteiger charge is -2.30. The number of nitriles is 1. The highest BCUT2D eigenvalue weighted by molar-refractivity contribution is 5.81. The topological polar surface area (TPSA) is 112 Å². The number of piperidine rings is 1. The van der Waals surface area contributed by atoms with Crippen LogP contribution in [0, 0.1) is 11.3 Å². The number of nitrogens with zero attached hydrogens (tertiary/aromatic N) is 6. The number of carbonyl (C=O) groups excluding carboxylic acids is 1. The fourth-order valence-electron chi connectivity index (χ4n) is 4.30. The van der Waals surface area contributed by atoms with Gasteiger partial charge in [-0.25, -0.2) is 15.0 Å². The van der Waals surface area contributed by atoms with Gasteiger partial charge in [0.15, 0.2) is 0 Å². The number of fused-ring (bicyclic) bond motifs is 1. The molecule has 4 rings (SSSR count). The minimum Gasteiger partial charge on any atom is -0.383 e. The first-order valence-corrected chi connectivity index (χ1v) is 10.7. The van der Waals surface area contributed by atoms with Crippen molar-refractivity contribution in [3.05, 3.63) is 29.2 Å². The highest BCUT2D eigenvalue weighted by Gasteiger charge is 2.27. The van der Waals surface area contributed by atoms with Gasteiger partial charge in [-0.05, 0) is 25.7 Å². The second-order valence-electron chi connectivity index (χ2n) is 7.92. The molecule has 0 saturated carbocycles. The van der Waals surface area contributed by atoms with Crippen molar-refractivity contribution in [1.29, 1.82) is 5.26 Å². The van der Waals surface area contributed by atoms with Crippen LogP contribution < -0.4 is 10.6 Å². The second-order valence-corrected chi connectivity index (χ2v) is 7.92. The first-order chi connectivity index (χ1) is 14.6. The first-order valence-electron chi connectivity index (χ1n) is 10.7. The number of anilines is 2. The van der Waals surface area contributed by atoms with Crippen LogP contribution in [0.25, 0.3) is 11.1 Å². The number of rotatable bonds is 4. The highest BCUT2D eigenvalue weighted by Crippen LogP contribution is 2.35. The maximum atomic E-state index is 12.5. The summed E-state index contributed by atoms with van der Waals surface area (Å²) in [5, 5.41) is 9.78. The van der Waals surface area contributed by atoms with Gasteiger partial charge >= 0.3 is 0 Å². The zero-order valence-electron chi connectivity index (χ0n) is 17.4. The number of hydrogen-bond acceptors (Lipinski definition) is 7. The Kier molecular flexibility index (Phi) is 5.79. The van der Waals surface area contributed by atoms with Crippen LogP contribution in [-0.2, 0) is 17.8 Å². The van der Waals surface area contributed by atoms with Gasteiger partial charge in [0.25, 0.3) is 0 Å². The van der Waals surface area contributed by atoms with E-state index in [-0.39, 0.29) is 11.7 Å². The third-order valence-electron chi connectivity index (χ3n) is 5.87. The number of carbonyl (C=O) groups is 1. The monoisotopic (exact) mass is 405 g/mol. The molecule has 0 spiro atoms. The third-order valence-corrected chi connectivity index (χ3v) is 5.87. The van der Waals surface area contributed by atoms with Crippen LogP contribution in [0.3, 0.4) is 0 Å². The van der Waals surface area contributed by atoms with E-state index in [1.165, 1.54) is 6.42 Å². The van der Waals surface area contributed by atoms with Gasteiger partial charge in [-0.3, -0.25) is 4.79 Å². The van der Waals surface area contributed by atoms with Crippen molar-refractivity contribution in [2.75, 3.05) is 30.3 Å². The van der Waals surface area contributed by atoms with Crippen LogP contribution in [0.1, 0.15) is 55.8 Å². The lowest BCUT2D eigenvalue weighted by molar-refractivity contribution is -0.132. The van der Waals surface area contributed by atoms with Crippen molar-refractivity contribution >= 4 is 17.7 Å². The molecule has 156 valence electrons. The van der Waals surface area contributed by atoms with E-state index in [0.29, 0.717) is 43.0 Å². The first kappa shape index (κ1) is 20.1. The molecular weight excluding hydrogens is 378 g/mol. The molecule has 2 aliphatic rings. The molecule has 0 unspecified atom stereocenters. The van der Waals surface area contributed by atoms with Crippen LogP contribution >= 0.6 is 0 Å². The lowest BCUT2D eigenvalue weighted by atomic mass is 9.92. The van der Waals surface area contributed by atoms with Crippen molar-refractivity contribution in [1.82, 2.24) is 19.9 Å². The van der Waals surface area contributed by atoms with Crippen molar-refractivity contribution in [2.45, 2.75) is 52.0 Å². The van der Waals surface area contributed by atoms with Crippen LogP contribution in [0.4, 0.5) is 11.8 Å². The average molecular weight is 406 g/mol. The zero-order chi connectivity index (χ0) is 21.1. The summed E-state index contributed by atoms with van der Waals surface area (Å²) in [6.07, 6.45) is 9.03. The van der Waals surface area contributed by atoms with Crippen LogP contribution in [0.2, 0.25) is 0 Å². The summed E-state index contributed by atoms with van der Waals surface area (Å²) in [5.41, 5.74) is 9.62. The molecule has 1 saturated heterocycles. The molecule has 2 aromatic heterocycles. The highest BCUT2D eigenvalue weighted by atomic mass is 16.2. The van der Waals surface area contributed by atoms with Crippen molar-refractivity contribution in [2.24, 2.45) is 0 Å². The molecule has 2 aromatic rings. The Balaban J connectivity index is 1.73. The summed E-state index contributed by atoms with van der Waals surface area (Å²) in [6, 6.07) is 2.20. The summed E-state index contributed by atoms with van der Waals surface area (Å²) in [5.74, 6) is 1.06. The average Bonchev–Trinajstić information content (AvgIpc) is 2.79. The standard InChI is InChI=1S/C22H27N7O/c1-2-6-19(30)29-10-7-18-17(14-29)20(16(11-23)21(24)27-18)15-12-25-22(26-13-15)28-8-4-3-5-9-28/h12-13H,2-10,14H2,1H3,(H2,24,27). The molecule has 0 radical (unpaired) electrons. The van der Waals surface area contributed by atoms with Crippen molar-refractivity contribution < 1.29 is 4.79 Å². The van der Waals surface area contributed by atoms with Crippen molar-refractivity contribution in [3.63, 3.8) is 0 Å². The largest absolute Gasteiger partial charge is 0.383 e. The van der Waals surface area contributed by atoms with Crippen molar-refractivity contribution in [3.8, 4) is 17.2 Å². The SMILES string of the molecule is CCCC(=O)N1CCc2nc(N)c(C#N)c(-c3cnc(N4CCCCC4)nc3)c2C1. The molecule has 8 heteroatoms. The van der Waals surface area contributed by atoms with E-state index >= 15 is 0 Å². The normalized spacial score (nSPS) is 16.1. The van der Waals surface area contributed by atoms with E-state index in [9.17, 15) is 10.1 Å². The number of nitrogen functional groups attached to an aromatic ring is 1. The Labute approximate surface area is 176 Å². The van der Waals surface area contributed by atoms with Crippen LogP contribution in [0.15, 0.2) is 12.4 Å². The molecule has 2 N–H and O–H groups in total. The molecule has 0 atom stereocenters. The van der Waals surface area contributed by atoms with Gasteiger partial charge in [-0.15, -0.1) is 0 Å². The molecule has 0 aliphatic carbocycles.